The van der Waals surface area contributed by atoms with Crippen LogP contribution in [0.1, 0.15) is 12.8 Å². The highest BCUT2D eigenvalue weighted by molar-refractivity contribution is 6.32. The van der Waals surface area contributed by atoms with E-state index in [0.717, 1.165) is 12.8 Å². The largest absolute Gasteiger partial charge is 0.453 e. The van der Waals surface area contributed by atoms with E-state index in [4.69, 9.17) is 16.3 Å². The minimum absolute atomic E-state index is 0.106. The molecule has 8 heteroatoms. The van der Waals surface area contributed by atoms with Gasteiger partial charge < -0.3 is 15.0 Å². The molecular weight excluding hydrogens is 344 g/mol. The van der Waals surface area contributed by atoms with Crippen molar-refractivity contribution in [3.8, 4) is 5.69 Å². The highest BCUT2D eigenvalue weighted by Crippen LogP contribution is 2.21. The third-order valence-electron chi connectivity index (χ3n) is 4.21. The molecule has 1 saturated heterocycles. The average Bonchev–Trinajstić information content (AvgIpc) is 2.66. The van der Waals surface area contributed by atoms with Crippen LogP contribution in [-0.2, 0) is 4.74 Å². The number of piperidine rings is 1. The third kappa shape index (κ3) is 3.76. The number of hydrogen-bond acceptors (Lipinski definition) is 5. The van der Waals surface area contributed by atoms with Crippen LogP contribution in [0.2, 0.25) is 5.02 Å². The number of carbonyl (C=O) groups is 1. The van der Waals surface area contributed by atoms with Crippen molar-refractivity contribution in [2.24, 2.45) is 0 Å². The molecule has 1 aliphatic heterocycles. The first kappa shape index (κ1) is 17.3. The number of halogens is 1. The van der Waals surface area contributed by atoms with Gasteiger partial charge in [-0.3, -0.25) is 4.79 Å². The van der Waals surface area contributed by atoms with E-state index in [2.05, 4.69) is 10.4 Å². The lowest BCUT2D eigenvalue weighted by Crippen LogP contribution is -2.42. The van der Waals surface area contributed by atoms with Gasteiger partial charge in [-0.25, -0.2) is 4.79 Å². The molecule has 1 aliphatic rings. The Morgan fingerprint density at radius 3 is 2.60 bits per heavy atom. The molecule has 1 aromatic heterocycles. The Morgan fingerprint density at radius 2 is 1.96 bits per heavy atom. The number of benzene rings is 1. The number of carbonyl (C=O) groups excluding carboxylic acids is 1. The van der Waals surface area contributed by atoms with E-state index in [1.807, 2.05) is 18.2 Å². The van der Waals surface area contributed by atoms with Crippen LogP contribution >= 0.6 is 11.6 Å². The topological polar surface area (TPSA) is 76.5 Å². The Hall–Kier alpha value is -2.54. The fourth-order valence-electron chi connectivity index (χ4n) is 2.84. The summed E-state index contributed by atoms with van der Waals surface area (Å²) in [4.78, 5) is 25.6. The number of nitrogens with zero attached hydrogens (tertiary/aromatic N) is 3. The summed E-state index contributed by atoms with van der Waals surface area (Å²) >= 11 is 6.25. The molecule has 2 heterocycles. The molecule has 0 aliphatic carbocycles. The summed E-state index contributed by atoms with van der Waals surface area (Å²) in [5, 5.41) is 7.57. The van der Waals surface area contributed by atoms with Gasteiger partial charge in [0.15, 0.2) is 0 Å². The monoisotopic (exact) mass is 362 g/mol. The van der Waals surface area contributed by atoms with Crippen LogP contribution in [0.4, 0.5) is 10.5 Å². The molecule has 0 spiro atoms. The van der Waals surface area contributed by atoms with Crippen molar-refractivity contribution in [1.29, 1.82) is 0 Å². The van der Waals surface area contributed by atoms with Gasteiger partial charge in [-0.05, 0) is 25.0 Å². The highest BCUT2D eigenvalue weighted by Gasteiger charge is 2.24. The first-order valence-electron chi connectivity index (χ1n) is 8.03. The third-order valence-corrected chi connectivity index (χ3v) is 4.57. The number of ether oxygens (including phenoxy) is 1. The maximum absolute atomic E-state index is 12.5. The average molecular weight is 363 g/mol. The lowest BCUT2D eigenvalue weighted by molar-refractivity contribution is 0.113. The van der Waals surface area contributed by atoms with E-state index in [9.17, 15) is 9.59 Å². The van der Waals surface area contributed by atoms with Crippen LogP contribution in [0.25, 0.3) is 5.69 Å². The molecule has 1 N–H and O–H groups in total. The molecule has 1 fully saturated rings. The minimum Gasteiger partial charge on any atom is -0.453 e. The number of nitrogens with one attached hydrogen (secondary N) is 1. The fourth-order valence-corrected chi connectivity index (χ4v) is 3.03. The minimum atomic E-state index is -0.370. The zero-order valence-electron chi connectivity index (χ0n) is 13.8. The second kappa shape index (κ2) is 7.57. The number of anilines is 1. The number of likely N-dealkylation sites (tertiary alicyclic amines) is 1. The summed E-state index contributed by atoms with van der Waals surface area (Å²) < 4.78 is 6.00. The SMILES string of the molecule is COC(=O)N1CCC(Nc2cnn(-c3ccccc3)c(=O)c2Cl)CC1. The van der Waals surface area contributed by atoms with Crippen LogP contribution < -0.4 is 10.9 Å². The number of para-hydroxylation sites is 1. The van der Waals surface area contributed by atoms with E-state index >= 15 is 0 Å². The van der Waals surface area contributed by atoms with Gasteiger partial charge in [-0.1, -0.05) is 29.8 Å². The number of hydrogen-bond donors (Lipinski definition) is 1. The van der Waals surface area contributed by atoms with E-state index in [-0.39, 0.29) is 22.7 Å². The van der Waals surface area contributed by atoms with E-state index in [0.29, 0.717) is 24.5 Å². The van der Waals surface area contributed by atoms with Crippen molar-refractivity contribution in [1.82, 2.24) is 14.7 Å². The van der Waals surface area contributed by atoms with Gasteiger partial charge in [-0.2, -0.15) is 9.78 Å². The second-order valence-corrected chi connectivity index (χ2v) is 6.18. The first-order chi connectivity index (χ1) is 12.1. The standard InChI is InChI=1S/C17H19ClN4O3/c1-25-17(24)21-9-7-12(8-10-21)20-14-11-19-22(16(23)15(14)18)13-5-3-2-4-6-13/h2-6,11-12,20H,7-10H2,1H3. The van der Waals surface area contributed by atoms with Crippen molar-refractivity contribution in [3.05, 3.63) is 51.9 Å². The van der Waals surface area contributed by atoms with Gasteiger partial charge >= 0.3 is 6.09 Å². The van der Waals surface area contributed by atoms with Crippen molar-refractivity contribution in [2.45, 2.75) is 18.9 Å². The molecule has 0 unspecified atom stereocenters. The van der Waals surface area contributed by atoms with Crippen molar-refractivity contribution >= 4 is 23.4 Å². The Balaban J connectivity index is 1.71. The summed E-state index contributed by atoms with van der Waals surface area (Å²) in [7, 11) is 1.37. The summed E-state index contributed by atoms with van der Waals surface area (Å²) in [6.45, 7) is 1.19. The van der Waals surface area contributed by atoms with Crippen LogP contribution in [0.3, 0.4) is 0 Å². The zero-order valence-corrected chi connectivity index (χ0v) is 14.6. The van der Waals surface area contributed by atoms with Gasteiger partial charge in [0.1, 0.15) is 5.02 Å². The van der Waals surface area contributed by atoms with Crippen LogP contribution in [0.5, 0.6) is 0 Å². The lowest BCUT2D eigenvalue weighted by atomic mass is 10.1. The molecular formula is C17H19ClN4O3. The number of methoxy groups -OCH3 is 1. The lowest BCUT2D eigenvalue weighted by Gasteiger charge is -2.31. The zero-order chi connectivity index (χ0) is 17.8. The maximum atomic E-state index is 12.5. The van der Waals surface area contributed by atoms with Crippen molar-refractivity contribution in [2.75, 3.05) is 25.5 Å². The summed E-state index contributed by atoms with van der Waals surface area (Å²) in [6, 6.07) is 9.23. The van der Waals surface area contributed by atoms with Gasteiger partial charge in [0.2, 0.25) is 0 Å². The van der Waals surface area contributed by atoms with Crippen molar-refractivity contribution < 1.29 is 9.53 Å². The van der Waals surface area contributed by atoms with Gasteiger partial charge in [-0.15, -0.1) is 0 Å². The summed E-state index contributed by atoms with van der Waals surface area (Å²) in [5.41, 5.74) is 0.799. The predicted octanol–water partition coefficient (Wildman–Crippen LogP) is 2.53. The maximum Gasteiger partial charge on any atom is 0.409 e. The molecule has 0 atom stereocenters. The normalized spacial score (nSPS) is 15.0. The predicted molar refractivity (Wildman–Crippen MR) is 95.5 cm³/mol. The van der Waals surface area contributed by atoms with E-state index in [1.54, 1.807) is 23.2 Å². The Bertz CT molecular complexity index is 801. The molecule has 132 valence electrons. The number of amides is 1. The number of rotatable bonds is 3. The molecule has 0 radical (unpaired) electrons. The van der Waals surface area contributed by atoms with Gasteiger partial charge in [0.05, 0.1) is 24.7 Å². The summed E-state index contributed by atoms with van der Waals surface area (Å²) in [5.74, 6) is 0. The van der Waals surface area contributed by atoms with Gasteiger partial charge in [0, 0.05) is 19.1 Å². The van der Waals surface area contributed by atoms with E-state index in [1.165, 1.54) is 11.8 Å². The molecule has 1 aromatic carbocycles. The quantitative estimate of drug-likeness (QED) is 0.908. The Morgan fingerprint density at radius 1 is 1.28 bits per heavy atom. The fraction of sp³-hybridized carbons (Fsp3) is 0.353. The molecule has 7 nitrogen and oxygen atoms in total. The molecule has 2 aromatic rings. The van der Waals surface area contributed by atoms with Crippen molar-refractivity contribution in [3.63, 3.8) is 0 Å². The van der Waals surface area contributed by atoms with Gasteiger partial charge in [0.25, 0.3) is 5.56 Å². The highest BCUT2D eigenvalue weighted by atomic mass is 35.5. The smallest absolute Gasteiger partial charge is 0.409 e. The molecule has 1 amide bonds. The Kier molecular flexibility index (Phi) is 5.23. The molecule has 25 heavy (non-hydrogen) atoms. The summed E-state index contributed by atoms with van der Waals surface area (Å²) in [6.07, 6.45) is 2.73. The second-order valence-electron chi connectivity index (χ2n) is 5.80. The van der Waals surface area contributed by atoms with Crippen LogP contribution in [0.15, 0.2) is 41.3 Å². The van der Waals surface area contributed by atoms with E-state index < -0.39 is 0 Å². The number of aromatic nitrogens is 2. The Labute approximate surface area is 150 Å². The molecule has 0 bridgehead atoms. The first-order valence-corrected chi connectivity index (χ1v) is 8.40. The van der Waals surface area contributed by atoms with Crippen LogP contribution in [-0.4, -0.2) is 47.0 Å². The molecule has 0 saturated carbocycles. The molecule has 3 rings (SSSR count). The van der Waals surface area contributed by atoms with Crippen LogP contribution in [0, 0.1) is 0 Å².